The predicted octanol–water partition coefficient (Wildman–Crippen LogP) is 3.57. The van der Waals surface area contributed by atoms with Gasteiger partial charge in [0.15, 0.2) is 5.58 Å². The largest absolute Gasteiger partial charge is 0.423 e. The number of aliphatic hydroxyl groups excluding tert-OH is 1. The third kappa shape index (κ3) is 2.78. The molecule has 3 aliphatic rings. The Hall–Kier alpha value is -2.17. The Kier molecular flexibility index (Phi) is 3.94. The number of nitrogens with zero attached hydrogens (tertiary/aromatic N) is 3. The maximum absolute atomic E-state index is 13.9. The number of benzene rings is 1. The summed E-state index contributed by atoms with van der Waals surface area (Å²) < 4.78 is 47.6. The van der Waals surface area contributed by atoms with E-state index in [9.17, 15) is 18.3 Å². The van der Waals surface area contributed by atoms with E-state index in [1.54, 1.807) is 11.6 Å². The number of hydrogen-bond donors (Lipinski definition) is 2. The molecular weight excluding hydrogens is 393 g/mol. The van der Waals surface area contributed by atoms with Crippen molar-refractivity contribution >= 4 is 28.5 Å². The molecule has 3 atom stereocenters. The number of alkyl halides is 3. The summed E-state index contributed by atoms with van der Waals surface area (Å²) in [7, 11) is 0. The molecule has 28 heavy (non-hydrogen) atoms. The molecule has 2 aromatic heterocycles. The van der Waals surface area contributed by atoms with Crippen LogP contribution >= 0.6 is 11.3 Å². The molecule has 0 radical (unpaired) electrons. The Morgan fingerprint density at radius 1 is 1.36 bits per heavy atom. The summed E-state index contributed by atoms with van der Waals surface area (Å²) in [5.74, 6) is 0. The third-order valence-electron chi connectivity index (χ3n) is 5.27. The Morgan fingerprint density at radius 3 is 2.64 bits per heavy atom. The molecule has 3 saturated heterocycles. The molecule has 0 saturated carbocycles. The summed E-state index contributed by atoms with van der Waals surface area (Å²) in [6.45, 7) is 2.59. The van der Waals surface area contributed by atoms with Crippen molar-refractivity contribution in [3.05, 3.63) is 28.8 Å². The van der Waals surface area contributed by atoms with E-state index in [1.807, 2.05) is 4.90 Å². The second kappa shape index (κ2) is 6.16. The van der Waals surface area contributed by atoms with Crippen LogP contribution in [0.15, 0.2) is 22.1 Å². The molecule has 3 fully saturated rings. The van der Waals surface area contributed by atoms with Crippen molar-refractivity contribution < 1.29 is 22.7 Å². The van der Waals surface area contributed by atoms with Crippen molar-refractivity contribution in [2.24, 2.45) is 0 Å². The van der Waals surface area contributed by atoms with Crippen molar-refractivity contribution in [2.45, 2.75) is 37.7 Å². The van der Waals surface area contributed by atoms with Gasteiger partial charge in [-0.25, -0.2) is 4.98 Å². The summed E-state index contributed by atoms with van der Waals surface area (Å²) in [6, 6.07) is 2.11. The number of aromatic nitrogens is 2. The molecule has 0 aliphatic carbocycles. The molecule has 6 nitrogen and oxygen atoms in total. The smallest absolute Gasteiger partial charge is 0.418 e. The highest BCUT2D eigenvalue weighted by atomic mass is 32.1. The van der Waals surface area contributed by atoms with Crippen LogP contribution in [0.1, 0.15) is 30.6 Å². The Balaban J connectivity index is 1.75. The van der Waals surface area contributed by atoms with E-state index < -0.39 is 17.8 Å². The van der Waals surface area contributed by atoms with Gasteiger partial charge in [0.2, 0.25) is 0 Å². The van der Waals surface area contributed by atoms with Gasteiger partial charge in [0.05, 0.1) is 17.2 Å². The number of nitrogens with one attached hydrogen (secondary N) is 1. The monoisotopic (exact) mass is 410 g/mol. The maximum atomic E-state index is 13.9. The Morgan fingerprint density at radius 2 is 2.07 bits per heavy atom. The number of oxazole rings is 1. The number of thiazole rings is 1. The van der Waals surface area contributed by atoms with Gasteiger partial charge >= 0.3 is 6.18 Å². The molecule has 6 rings (SSSR count). The lowest BCUT2D eigenvalue weighted by Gasteiger charge is -2.47. The molecule has 1 aromatic carbocycles. The van der Waals surface area contributed by atoms with Crippen LogP contribution < -0.4 is 10.2 Å². The molecule has 3 unspecified atom stereocenters. The number of aliphatic hydroxyl groups is 1. The summed E-state index contributed by atoms with van der Waals surface area (Å²) in [5, 5.41) is 15.7. The van der Waals surface area contributed by atoms with Crippen LogP contribution in [-0.4, -0.2) is 40.2 Å². The topological polar surface area (TPSA) is 74.4 Å². The van der Waals surface area contributed by atoms with E-state index in [4.69, 9.17) is 4.42 Å². The lowest BCUT2D eigenvalue weighted by molar-refractivity contribution is -0.137. The highest BCUT2D eigenvalue weighted by Crippen LogP contribution is 2.45. The van der Waals surface area contributed by atoms with Crippen LogP contribution in [0.4, 0.5) is 19.2 Å². The van der Waals surface area contributed by atoms with E-state index in [0.29, 0.717) is 35.7 Å². The SMILES string of the molecule is CC(O)c1cc(-c2nccs2)c2oc(N3CC4CC(C3)N4)nc2c1C(F)(F)F. The number of piperidine rings is 1. The fourth-order valence-corrected chi connectivity index (χ4v) is 4.69. The Labute approximate surface area is 162 Å². The first-order chi connectivity index (χ1) is 13.3. The maximum Gasteiger partial charge on any atom is 0.418 e. The molecule has 0 amide bonds. The van der Waals surface area contributed by atoms with Gasteiger partial charge in [0.1, 0.15) is 10.5 Å². The molecule has 10 heteroatoms. The number of fused-ring (bicyclic) bond motifs is 3. The number of hydrogen-bond acceptors (Lipinski definition) is 7. The van der Waals surface area contributed by atoms with Gasteiger partial charge in [-0.05, 0) is 25.0 Å². The number of halogens is 3. The summed E-state index contributed by atoms with van der Waals surface area (Å²) >= 11 is 1.29. The number of piperazine rings is 1. The fraction of sp³-hybridized carbons (Fsp3) is 0.444. The molecule has 2 N–H and O–H groups in total. The van der Waals surface area contributed by atoms with Crippen LogP contribution in [0, 0.1) is 0 Å². The van der Waals surface area contributed by atoms with E-state index in [1.165, 1.54) is 24.3 Å². The molecule has 0 spiro atoms. The van der Waals surface area contributed by atoms with E-state index >= 15 is 0 Å². The van der Waals surface area contributed by atoms with Crippen molar-refractivity contribution in [3.63, 3.8) is 0 Å². The van der Waals surface area contributed by atoms with Crippen LogP contribution in [0.2, 0.25) is 0 Å². The first kappa shape index (κ1) is 17.9. The van der Waals surface area contributed by atoms with Gasteiger partial charge < -0.3 is 19.7 Å². The standard InChI is InChI=1S/C18H17F3N4O2S/c1-8(26)11-5-12(16-22-2-3-28-16)15-14(13(11)18(19,20)21)24-17(27-15)25-6-9-4-10(7-25)23-9/h2-3,5,8-10,23,26H,4,6-7H2,1H3. The average Bonchev–Trinajstić information content (AvgIpc) is 3.28. The van der Waals surface area contributed by atoms with Gasteiger partial charge in [0, 0.05) is 36.8 Å². The van der Waals surface area contributed by atoms with Crippen molar-refractivity contribution in [2.75, 3.05) is 18.0 Å². The minimum absolute atomic E-state index is 0.0499. The molecule has 3 aliphatic heterocycles. The average molecular weight is 410 g/mol. The van der Waals surface area contributed by atoms with E-state index in [-0.39, 0.29) is 22.7 Å². The quantitative estimate of drug-likeness (QED) is 0.688. The molecule has 5 heterocycles. The summed E-state index contributed by atoms with van der Waals surface area (Å²) in [4.78, 5) is 10.3. The number of rotatable bonds is 3. The first-order valence-electron chi connectivity index (χ1n) is 8.95. The second-order valence-corrected chi connectivity index (χ2v) is 8.17. The van der Waals surface area contributed by atoms with Crippen molar-refractivity contribution in [1.82, 2.24) is 15.3 Å². The minimum atomic E-state index is -4.67. The van der Waals surface area contributed by atoms with Gasteiger partial charge in [-0.2, -0.15) is 18.2 Å². The first-order valence-corrected chi connectivity index (χ1v) is 9.83. The van der Waals surface area contributed by atoms with E-state index in [0.717, 1.165) is 6.42 Å². The zero-order valence-corrected chi connectivity index (χ0v) is 15.6. The number of anilines is 1. The third-order valence-corrected chi connectivity index (χ3v) is 6.08. The van der Waals surface area contributed by atoms with Gasteiger partial charge in [-0.15, -0.1) is 11.3 Å². The fourth-order valence-electron chi connectivity index (χ4n) is 4.04. The molecule has 148 valence electrons. The normalized spacial score (nSPS) is 23.1. The molecular formula is C18H17F3N4O2S. The predicted molar refractivity (Wildman–Crippen MR) is 98.3 cm³/mol. The lowest BCUT2D eigenvalue weighted by atomic mass is 9.92. The van der Waals surface area contributed by atoms with Crippen molar-refractivity contribution in [1.29, 1.82) is 0 Å². The van der Waals surface area contributed by atoms with Gasteiger partial charge in [0.25, 0.3) is 6.01 Å². The Bertz CT molecular complexity index is 1020. The summed E-state index contributed by atoms with van der Waals surface area (Å²) in [5.41, 5.74) is -0.999. The highest BCUT2D eigenvalue weighted by molar-refractivity contribution is 7.13. The summed E-state index contributed by atoms with van der Waals surface area (Å²) in [6.07, 6.45) is -3.36. The molecule has 2 bridgehead atoms. The van der Waals surface area contributed by atoms with Crippen LogP contribution in [-0.2, 0) is 6.18 Å². The highest BCUT2D eigenvalue weighted by Gasteiger charge is 2.41. The minimum Gasteiger partial charge on any atom is -0.423 e. The zero-order chi connectivity index (χ0) is 19.6. The van der Waals surface area contributed by atoms with Crippen molar-refractivity contribution in [3.8, 4) is 10.6 Å². The molecule has 3 aromatic rings. The van der Waals surface area contributed by atoms with Crippen LogP contribution in [0.5, 0.6) is 0 Å². The lowest BCUT2D eigenvalue weighted by Crippen LogP contribution is -2.67. The van der Waals surface area contributed by atoms with Crippen LogP contribution in [0.3, 0.4) is 0 Å². The van der Waals surface area contributed by atoms with Crippen LogP contribution in [0.25, 0.3) is 21.7 Å². The van der Waals surface area contributed by atoms with E-state index in [2.05, 4.69) is 15.3 Å². The second-order valence-electron chi connectivity index (χ2n) is 7.27. The van der Waals surface area contributed by atoms with Gasteiger partial charge in [-0.3, -0.25) is 0 Å². The van der Waals surface area contributed by atoms with Gasteiger partial charge in [-0.1, -0.05) is 0 Å². The zero-order valence-electron chi connectivity index (χ0n) is 14.8.